The fourth-order valence-corrected chi connectivity index (χ4v) is 2.38. The third-order valence-corrected chi connectivity index (χ3v) is 3.54. The van der Waals surface area contributed by atoms with E-state index in [0.717, 1.165) is 5.92 Å². The van der Waals surface area contributed by atoms with E-state index in [4.69, 9.17) is 4.74 Å². The molecule has 0 bridgehead atoms. The Bertz CT molecular complexity index is 180. The van der Waals surface area contributed by atoms with Gasteiger partial charge in [-0.1, -0.05) is 6.92 Å². The quantitative estimate of drug-likeness (QED) is 0.753. The summed E-state index contributed by atoms with van der Waals surface area (Å²) in [4.78, 5) is 0. The van der Waals surface area contributed by atoms with Gasteiger partial charge in [0, 0.05) is 6.04 Å². The second-order valence-electron chi connectivity index (χ2n) is 5.01. The van der Waals surface area contributed by atoms with Crippen molar-refractivity contribution in [2.24, 2.45) is 5.92 Å². The van der Waals surface area contributed by atoms with Gasteiger partial charge in [-0.15, -0.1) is 0 Å². The van der Waals surface area contributed by atoms with Crippen LogP contribution < -0.4 is 5.32 Å². The number of rotatable bonds is 3. The predicted octanol–water partition coefficient (Wildman–Crippen LogP) is 1.89. The largest absolute Gasteiger partial charge is 0.377 e. The molecule has 14 heavy (non-hydrogen) atoms. The van der Waals surface area contributed by atoms with Gasteiger partial charge in [-0.25, -0.2) is 4.39 Å². The molecule has 1 aliphatic carbocycles. The Morgan fingerprint density at radius 3 is 2.36 bits per heavy atom. The first kappa shape index (κ1) is 10.4. The molecule has 0 atom stereocenters. The Labute approximate surface area is 85.2 Å². The van der Waals surface area contributed by atoms with Crippen molar-refractivity contribution in [3.05, 3.63) is 0 Å². The fraction of sp³-hybridized carbons (Fsp3) is 1.00. The Balaban J connectivity index is 1.79. The van der Waals surface area contributed by atoms with Crippen LogP contribution in [0.1, 0.15) is 32.6 Å². The van der Waals surface area contributed by atoms with Crippen LogP contribution >= 0.6 is 0 Å². The van der Waals surface area contributed by atoms with E-state index in [0.29, 0.717) is 19.3 Å². The fourth-order valence-electron chi connectivity index (χ4n) is 2.38. The minimum atomic E-state index is -0.328. The van der Waals surface area contributed by atoms with Gasteiger partial charge in [-0.05, 0) is 31.6 Å². The van der Waals surface area contributed by atoms with Gasteiger partial charge in [-0.3, -0.25) is 0 Å². The summed E-state index contributed by atoms with van der Waals surface area (Å²) in [5.41, 5.74) is -0.328. The molecule has 0 spiro atoms. The van der Waals surface area contributed by atoms with E-state index in [2.05, 4.69) is 12.2 Å². The number of ether oxygens (including phenoxy) is 1. The van der Waals surface area contributed by atoms with Gasteiger partial charge in [-0.2, -0.15) is 0 Å². The summed E-state index contributed by atoms with van der Waals surface area (Å²) in [7, 11) is 0. The topological polar surface area (TPSA) is 21.3 Å². The normalized spacial score (nSPS) is 36.4. The van der Waals surface area contributed by atoms with Crippen LogP contribution in [0.3, 0.4) is 0 Å². The monoisotopic (exact) mass is 201 g/mol. The number of alkyl halides is 1. The predicted molar refractivity (Wildman–Crippen MR) is 54.1 cm³/mol. The summed E-state index contributed by atoms with van der Waals surface area (Å²) in [6.45, 7) is 3.11. The second-order valence-corrected chi connectivity index (χ2v) is 5.01. The van der Waals surface area contributed by atoms with Crippen molar-refractivity contribution in [3.63, 3.8) is 0 Å². The highest BCUT2D eigenvalue weighted by Gasteiger charge is 2.40. The van der Waals surface area contributed by atoms with Gasteiger partial charge in [0.2, 0.25) is 0 Å². The van der Waals surface area contributed by atoms with Crippen LogP contribution in [-0.2, 0) is 4.74 Å². The van der Waals surface area contributed by atoms with E-state index in [1.807, 2.05) is 0 Å². The maximum atomic E-state index is 12.8. The maximum Gasteiger partial charge on any atom is 0.112 e. The molecule has 0 unspecified atom stereocenters. The average molecular weight is 201 g/mol. The highest BCUT2D eigenvalue weighted by molar-refractivity contribution is 4.97. The van der Waals surface area contributed by atoms with Crippen molar-refractivity contribution in [3.8, 4) is 0 Å². The first-order valence-electron chi connectivity index (χ1n) is 5.65. The van der Waals surface area contributed by atoms with Crippen molar-refractivity contribution in [1.82, 2.24) is 5.32 Å². The lowest BCUT2D eigenvalue weighted by molar-refractivity contribution is -0.0914. The highest BCUT2D eigenvalue weighted by atomic mass is 19.1. The molecule has 0 amide bonds. The second kappa shape index (κ2) is 4.15. The van der Waals surface area contributed by atoms with Crippen LogP contribution in [0.2, 0.25) is 0 Å². The molecule has 0 aromatic heterocycles. The molecule has 2 nitrogen and oxygen atoms in total. The zero-order valence-electron chi connectivity index (χ0n) is 8.89. The molecule has 1 N–H and O–H groups in total. The van der Waals surface area contributed by atoms with Gasteiger partial charge >= 0.3 is 0 Å². The lowest BCUT2D eigenvalue weighted by Gasteiger charge is -2.44. The smallest absolute Gasteiger partial charge is 0.112 e. The van der Waals surface area contributed by atoms with Crippen molar-refractivity contribution in [1.29, 1.82) is 0 Å². The van der Waals surface area contributed by atoms with Crippen molar-refractivity contribution < 1.29 is 9.13 Å². The van der Waals surface area contributed by atoms with Gasteiger partial charge in [0.15, 0.2) is 0 Å². The van der Waals surface area contributed by atoms with E-state index in [1.54, 1.807) is 0 Å². The lowest BCUT2D eigenvalue weighted by Crippen LogP contribution is -2.65. The Hall–Kier alpha value is -0.150. The number of halogens is 1. The van der Waals surface area contributed by atoms with Crippen LogP contribution in [0.25, 0.3) is 0 Å². The lowest BCUT2D eigenvalue weighted by atomic mass is 9.85. The molecule has 1 heterocycles. The summed E-state index contributed by atoms with van der Waals surface area (Å²) in [5, 5.41) is 3.44. The SMILES string of the molecule is CC1CCC(NC2(CF)COC2)CC1. The average Bonchev–Trinajstić information content (AvgIpc) is 2.15. The van der Waals surface area contributed by atoms with Gasteiger partial charge < -0.3 is 10.1 Å². The molecular weight excluding hydrogens is 181 g/mol. The zero-order valence-corrected chi connectivity index (χ0v) is 8.89. The molecule has 2 fully saturated rings. The molecule has 0 aromatic rings. The summed E-state index contributed by atoms with van der Waals surface area (Å²) < 4.78 is 17.9. The summed E-state index contributed by atoms with van der Waals surface area (Å²) >= 11 is 0. The van der Waals surface area contributed by atoms with E-state index in [1.165, 1.54) is 25.7 Å². The first-order valence-corrected chi connectivity index (χ1v) is 5.65. The van der Waals surface area contributed by atoms with Crippen LogP contribution in [0, 0.1) is 5.92 Å². The van der Waals surface area contributed by atoms with Crippen LogP contribution in [-0.4, -0.2) is 31.5 Å². The highest BCUT2D eigenvalue weighted by Crippen LogP contribution is 2.27. The van der Waals surface area contributed by atoms with E-state index < -0.39 is 0 Å². The molecule has 1 aliphatic heterocycles. The maximum absolute atomic E-state index is 12.8. The molecule has 82 valence electrons. The third kappa shape index (κ3) is 2.09. The Morgan fingerprint density at radius 1 is 1.29 bits per heavy atom. The molecule has 0 radical (unpaired) electrons. The van der Waals surface area contributed by atoms with Crippen molar-refractivity contribution in [2.45, 2.75) is 44.2 Å². The Kier molecular flexibility index (Phi) is 3.07. The number of hydrogen-bond acceptors (Lipinski definition) is 2. The standard InChI is InChI=1S/C11H20FNO/c1-9-2-4-10(5-3-9)13-11(6-12)7-14-8-11/h9-10,13H,2-8H2,1H3. The molecule has 0 aromatic carbocycles. The summed E-state index contributed by atoms with van der Waals surface area (Å²) in [6, 6.07) is 0.519. The molecule has 2 rings (SSSR count). The minimum Gasteiger partial charge on any atom is -0.377 e. The van der Waals surface area contributed by atoms with Crippen LogP contribution in [0.5, 0.6) is 0 Å². The zero-order chi connectivity index (χ0) is 10.0. The molecule has 3 heteroatoms. The van der Waals surface area contributed by atoms with E-state index in [-0.39, 0.29) is 12.2 Å². The van der Waals surface area contributed by atoms with Gasteiger partial charge in [0.05, 0.1) is 18.8 Å². The molecular formula is C11H20FNO. The van der Waals surface area contributed by atoms with Gasteiger partial charge in [0.25, 0.3) is 0 Å². The summed E-state index contributed by atoms with van der Waals surface area (Å²) in [6.07, 6.45) is 4.95. The first-order chi connectivity index (χ1) is 6.74. The van der Waals surface area contributed by atoms with Crippen LogP contribution in [0.4, 0.5) is 4.39 Å². The van der Waals surface area contributed by atoms with E-state index >= 15 is 0 Å². The third-order valence-electron chi connectivity index (χ3n) is 3.54. The van der Waals surface area contributed by atoms with Gasteiger partial charge in [0.1, 0.15) is 6.67 Å². The Morgan fingerprint density at radius 2 is 1.93 bits per heavy atom. The molecule has 1 saturated carbocycles. The van der Waals surface area contributed by atoms with Crippen molar-refractivity contribution in [2.75, 3.05) is 19.9 Å². The molecule has 2 aliphatic rings. The number of hydrogen-bond donors (Lipinski definition) is 1. The van der Waals surface area contributed by atoms with Crippen molar-refractivity contribution >= 4 is 0 Å². The minimum absolute atomic E-state index is 0.293. The number of nitrogens with one attached hydrogen (secondary N) is 1. The van der Waals surface area contributed by atoms with Crippen LogP contribution in [0.15, 0.2) is 0 Å². The van der Waals surface area contributed by atoms with E-state index in [9.17, 15) is 4.39 Å². The molecule has 1 saturated heterocycles. The summed E-state index contributed by atoms with van der Waals surface area (Å²) in [5.74, 6) is 0.854.